The Morgan fingerprint density at radius 1 is 1.33 bits per heavy atom. The highest BCUT2D eigenvalue weighted by atomic mass is 79.9. The molecule has 2 rings (SSSR count). The van der Waals surface area contributed by atoms with Gasteiger partial charge in [-0.1, -0.05) is 19.9 Å². The summed E-state index contributed by atoms with van der Waals surface area (Å²) >= 11 is 3.50. The first-order valence-corrected chi connectivity index (χ1v) is 8.12. The quantitative estimate of drug-likeness (QED) is 0.795. The molecule has 1 aromatic carbocycles. The van der Waals surface area contributed by atoms with Crippen molar-refractivity contribution in [2.45, 2.75) is 39.2 Å². The van der Waals surface area contributed by atoms with Crippen molar-refractivity contribution in [2.24, 2.45) is 11.8 Å². The molecule has 3 nitrogen and oxygen atoms in total. The van der Waals surface area contributed by atoms with Crippen molar-refractivity contribution in [1.82, 2.24) is 0 Å². The lowest BCUT2D eigenvalue weighted by atomic mass is 9.80. The maximum absolute atomic E-state index is 10.5. The molecule has 0 radical (unpaired) electrons. The van der Waals surface area contributed by atoms with Crippen LogP contribution in [0.25, 0.3) is 6.08 Å². The van der Waals surface area contributed by atoms with Crippen LogP contribution in [-0.2, 0) is 4.79 Å². The van der Waals surface area contributed by atoms with Gasteiger partial charge in [0.25, 0.3) is 0 Å². The van der Waals surface area contributed by atoms with Crippen LogP contribution in [0.3, 0.4) is 0 Å². The van der Waals surface area contributed by atoms with E-state index in [2.05, 4.69) is 29.8 Å². The molecule has 4 heteroatoms. The predicted molar refractivity (Wildman–Crippen MR) is 87.4 cm³/mol. The highest BCUT2D eigenvalue weighted by molar-refractivity contribution is 9.10. The number of carboxylic acid groups (broad SMARTS) is 1. The van der Waals surface area contributed by atoms with Crippen LogP contribution in [0.1, 0.15) is 38.7 Å². The molecule has 1 fully saturated rings. The number of ether oxygens (including phenoxy) is 1. The van der Waals surface area contributed by atoms with E-state index in [0.717, 1.165) is 40.6 Å². The maximum Gasteiger partial charge on any atom is 0.328 e. The van der Waals surface area contributed by atoms with Gasteiger partial charge in [0.05, 0.1) is 10.6 Å². The number of hydrogen-bond acceptors (Lipinski definition) is 2. The van der Waals surface area contributed by atoms with Crippen LogP contribution in [0, 0.1) is 11.8 Å². The van der Waals surface area contributed by atoms with Crippen LogP contribution in [0.15, 0.2) is 28.7 Å². The Morgan fingerprint density at radius 2 is 2.10 bits per heavy atom. The molecule has 0 aromatic heterocycles. The SMILES string of the molecule is CC1CCC(Oc2ccc(C=CC(=O)O)cc2Br)CC1C. The summed E-state index contributed by atoms with van der Waals surface area (Å²) in [5.41, 5.74) is 0.835. The molecule has 0 bridgehead atoms. The summed E-state index contributed by atoms with van der Waals surface area (Å²) in [5, 5.41) is 8.64. The number of hydrogen-bond donors (Lipinski definition) is 1. The predicted octanol–water partition coefficient (Wildman–Crippen LogP) is 4.75. The second-order valence-corrected chi connectivity index (χ2v) is 6.72. The van der Waals surface area contributed by atoms with Gasteiger partial charge in [-0.05, 0) is 70.8 Å². The monoisotopic (exact) mass is 352 g/mol. The first-order valence-electron chi connectivity index (χ1n) is 7.33. The van der Waals surface area contributed by atoms with Gasteiger partial charge >= 0.3 is 5.97 Å². The molecule has 0 saturated heterocycles. The summed E-state index contributed by atoms with van der Waals surface area (Å²) in [6.07, 6.45) is 6.37. The lowest BCUT2D eigenvalue weighted by Gasteiger charge is -2.32. The van der Waals surface area contributed by atoms with Crippen molar-refractivity contribution < 1.29 is 14.6 Å². The average Bonchev–Trinajstić information content (AvgIpc) is 2.43. The minimum absolute atomic E-state index is 0.271. The summed E-state index contributed by atoms with van der Waals surface area (Å²) in [6.45, 7) is 4.59. The summed E-state index contributed by atoms with van der Waals surface area (Å²) in [4.78, 5) is 10.5. The van der Waals surface area contributed by atoms with Crippen LogP contribution < -0.4 is 4.74 Å². The van der Waals surface area contributed by atoms with E-state index in [-0.39, 0.29) is 6.10 Å². The van der Waals surface area contributed by atoms with Crippen LogP contribution in [0.5, 0.6) is 5.75 Å². The molecule has 1 aromatic rings. The summed E-state index contributed by atoms with van der Waals surface area (Å²) in [7, 11) is 0. The van der Waals surface area contributed by atoms with Crippen LogP contribution in [0.4, 0.5) is 0 Å². The lowest BCUT2D eigenvalue weighted by Crippen LogP contribution is -2.28. The lowest BCUT2D eigenvalue weighted by molar-refractivity contribution is -0.131. The Bertz CT molecular complexity index is 539. The second-order valence-electron chi connectivity index (χ2n) is 5.87. The van der Waals surface area contributed by atoms with E-state index >= 15 is 0 Å². The van der Waals surface area contributed by atoms with Gasteiger partial charge in [0.2, 0.25) is 0 Å². The van der Waals surface area contributed by atoms with Crippen molar-refractivity contribution in [3.05, 3.63) is 34.3 Å². The number of benzene rings is 1. The molecule has 1 aliphatic carbocycles. The highest BCUT2D eigenvalue weighted by Crippen LogP contribution is 2.34. The van der Waals surface area contributed by atoms with Crippen molar-refractivity contribution >= 4 is 28.0 Å². The van der Waals surface area contributed by atoms with Gasteiger partial charge in [0.15, 0.2) is 0 Å². The maximum atomic E-state index is 10.5. The van der Waals surface area contributed by atoms with E-state index in [0.29, 0.717) is 5.92 Å². The molecule has 114 valence electrons. The fourth-order valence-electron chi connectivity index (χ4n) is 2.67. The van der Waals surface area contributed by atoms with Crippen LogP contribution in [0.2, 0.25) is 0 Å². The van der Waals surface area contributed by atoms with E-state index in [1.807, 2.05) is 18.2 Å². The fraction of sp³-hybridized carbons (Fsp3) is 0.471. The van der Waals surface area contributed by atoms with Gasteiger partial charge in [0.1, 0.15) is 5.75 Å². The number of halogens is 1. The Hall–Kier alpha value is -1.29. The smallest absolute Gasteiger partial charge is 0.328 e. The van der Waals surface area contributed by atoms with E-state index in [4.69, 9.17) is 9.84 Å². The van der Waals surface area contributed by atoms with Crippen LogP contribution >= 0.6 is 15.9 Å². The molecule has 1 N–H and O–H groups in total. The molecule has 0 amide bonds. The van der Waals surface area contributed by atoms with Crippen molar-refractivity contribution in [1.29, 1.82) is 0 Å². The van der Waals surface area contributed by atoms with E-state index in [1.54, 1.807) is 6.08 Å². The molecule has 3 atom stereocenters. The summed E-state index contributed by atoms with van der Waals surface area (Å²) in [5.74, 6) is 1.35. The number of carboxylic acids is 1. The molecule has 0 spiro atoms. The molecule has 0 aliphatic heterocycles. The average molecular weight is 353 g/mol. The van der Waals surface area contributed by atoms with Gasteiger partial charge in [-0.3, -0.25) is 0 Å². The Morgan fingerprint density at radius 3 is 2.71 bits per heavy atom. The third kappa shape index (κ3) is 4.60. The van der Waals surface area contributed by atoms with E-state index in [1.165, 1.54) is 6.42 Å². The Labute approximate surface area is 134 Å². The third-order valence-electron chi connectivity index (χ3n) is 4.22. The standard InChI is InChI=1S/C17H21BrO3/c1-11-3-6-14(9-12(11)2)21-16-7-4-13(10-15(16)18)5-8-17(19)20/h4-5,7-8,10-12,14H,3,6,9H2,1-2H3,(H,19,20). The van der Waals surface area contributed by atoms with Crippen LogP contribution in [-0.4, -0.2) is 17.2 Å². The molecule has 0 heterocycles. The number of carbonyl (C=O) groups is 1. The zero-order chi connectivity index (χ0) is 15.4. The molecule has 1 saturated carbocycles. The van der Waals surface area contributed by atoms with Gasteiger partial charge in [-0.15, -0.1) is 0 Å². The summed E-state index contributed by atoms with van der Waals surface area (Å²) < 4.78 is 6.96. The normalized spacial score (nSPS) is 26.0. The first kappa shape index (κ1) is 16.1. The number of aliphatic carboxylic acids is 1. The Kier molecular flexibility index (Phi) is 5.45. The minimum atomic E-state index is -0.947. The van der Waals surface area contributed by atoms with E-state index in [9.17, 15) is 4.79 Å². The van der Waals surface area contributed by atoms with Gasteiger partial charge in [0, 0.05) is 6.08 Å². The van der Waals surface area contributed by atoms with Crippen molar-refractivity contribution in [3.63, 3.8) is 0 Å². The highest BCUT2D eigenvalue weighted by Gasteiger charge is 2.26. The van der Waals surface area contributed by atoms with Gasteiger partial charge in [-0.2, -0.15) is 0 Å². The molecule has 3 unspecified atom stereocenters. The Balaban J connectivity index is 2.02. The van der Waals surface area contributed by atoms with E-state index < -0.39 is 5.97 Å². The first-order chi connectivity index (χ1) is 9.95. The second kappa shape index (κ2) is 7.12. The topological polar surface area (TPSA) is 46.5 Å². The number of rotatable bonds is 4. The molecular formula is C17H21BrO3. The zero-order valence-electron chi connectivity index (χ0n) is 12.4. The largest absolute Gasteiger partial charge is 0.489 e. The fourth-order valence-corrected chi connectivity index (χ4v) is 3.16. The van der Waals surface area contributed by atoms with Gasteiger partial charge < -0.3 is 9.84 Å². The van der Waals surface area contributed by atoms with Crippen molar-refractivity contribution in [2.75, 3.05) is 0 Å². The zero-order valence-corrected chi connectivity index (χ0v) is 14.0. The molecule has 21 heavy (non-hydrogen) atoms. The minimum Gasteiger partial charge on any atom is -0.489 e. The summed E-state index contributed by atoms with van der Waals surface area (Å²) in [6, 6.07) is 5.65. The molecular weight excluding hydrogens is 332 g/mol. The molecule has 1 aliphatic rings. The van der Waals surface area contributed by atoms with Gasteiger partial charge in [-0.25, -0.2) is 4.79 Å². The third-order valence-corrected chi connectivity index (χ3v) is 4.84. The van der Waals surface area contributed by atoms with Crippen molar-refractivity contribution in [3.8, 4) is 5.75 Å².